The summed E-state index contributed by atoms with van der Waals surface area (Å²) in [6.07, 6.45) is 5.05. The Bertz CT molecular complexity index is 1120. The number of carbonyl (C=O) groups is 4. The molecule has 158 valence electrons. The van der Waals surface area contributed by atoms with E-state index in [1.807, 2.05) is 30.3 Å². The molecule has 3 aliphatic rings. The van der Waals surface area contributed by atoms with Crippen LogP contribution in [-0.2, 0) is 9.59 Å². The van der Waals surface area contributed by atoms with Crippen LogP contribution in [0.5, 0.6) is 0 Å². The number of hydrazone groups is 1. The van der Waals surface area contributed by atoms with E-state index in [0.29, 0.717) is 17.4 Å². The van der Waals surface area contributed by atoms with Gasteiger partial charge < -0.3 is 0 Å². The number of nitrogens with zero attached hydrogens (tertiary/aromatic N) is 2. The van der Waals surface area contributed by atoms with E-state index in [1.165, 1.54) is 4.90 Å². The maximum atomic E-state index is 13.0. The van der Waals surface area contributed by atoms with Gasteiger partial charge in [0.1, 0.15) is 0 Å². The first-order chi connectivity index (χ1) is 15.0. The highest BCUT2D eigenvalue weighted by Gasteiger charge is 2.50. The van der Waals surface area contributed by atoms with Crippen LogP contribution in [0.25, 0.3) is 10.8 Å². The van der Waals surface area contributed by atoms with Gasteiger partial charge in [-0.15, -0.1) is 0 Å². The molecule has 0 aromatic heterocycles. The van der Waals surface area contributed by atoms with Crippen LogP contribution in [-0.4, -0.2) is 40.9 Å². The van der Waals surface area contributed by atoms with E-state index >= 15 is 0 Å². The highest BCUT2D eigenvalue weighted by molar-refractivity contribution is 6.23. The summed E-state index contributed by atoms with van der Waals surface area (Å²) >= 11 is 0. The van der Waals surface area contributed by atoms with Crippen LogP contribution in [0.3, 0.4) is 0 Å². The van der Waals surface area contributed by atoms with E-state index in [1.54, 1.807) is 12.1 Å². The van der Waals surface area contributed by atoms with Crippen molar-refractivity contribution in [3.63, 3.8) is 0 Å². The lowest BCUT2D eigenvalue weighted by Crippen LogP contribution is -2.62. The van der Waals surface area contributed by atoms with E-state index in [4.69, 9.17) is 0 Å². The van der Waals surface area contributed by atoms with Crippen molar-refractivity contribution in [1.82, 2.24) is 15.6 Å². The summed E-state index contributed by atoms with van der Waals surface area (Å²) in [6.45, 7) is 0. The number of carbonyl (C=O) groups excluding carboxylic acids is 4. The Kier molecular flexibility index (Phi) is 4.77. The molecule has 2 aromatic carbocycles. The van der Waals surface area contributed by atoms with Gasteiger partial charge in [-0.3, -0.25) is 24.6 Å². The number of amides is 5. The second-order valence-corrected chi connectivity index (χ2v) is 8.47. The number of benzene rings is 2. The van der Waals surface area contributed by atoms with Gasteiger partial charge in [-0.25, -0.2) is 10.2 Å². The first kappa shape index (κ1) is 19.4. The van der Waals surface area contributed by atoms with Crippen LogP contribution < -0.4 is 10.7 Å². The van der Waals surface area contributed by atoms with Gasteiger partial charge in [-0.2, -0.15) is 5.10 Å². The summed E-state index contributed by atoms with van der Waals surface area (Å²) in [5.41, 5.74) is 2.84. The lowest BCUT2D eigenvalue weighted by molar-refractivity contribution is -0.141. The molecule has 2 aromatic rings. The van der Waals surface area contributed by atoms with Crippen LogP contribution in [0.15, 0.2) is 47.6 Å². The normalized spacial score (nSPS) is 27.9. The van der Waals surface area contributed by atoms with Crippen LogP contribution in [0, 0.1) is 17.8 Å². The molecule has 31 heavy (non-hydrogen) atoms. The van der Waals surface area contributed by atoms with Crippen molar-refractivity contribution in [3.05, 3.63) is 48.0 Å². The highest BCUT2D eigenvalue weighted by Crippen LogP contribution is 2.47. The Morgan fingerprint density at radius 3 is 2.65 bits per heavy atom. The van der Waals surface area contributed by atoms with Gasteiger partial charge in [0.2, 0.25) is 11.8 Å². The van der Waals surface area contributed by atoms with Gasteiger partial charge >= 0.3 is 6.03 Å². The number of nitrogens with one attached hydrogen (secondary N) is 2. The van der Waals surface area contributed by atoms with Gasteiger partial charge in [0.05, 0.1) is 0 Å². The lowest BCUT2D eigenvalue weighted by Gasteiger charge is -2.36. The quantitative estimate of drug-likeness (QED) is 0.452. The van der Waals surface area contributed by atoms with Crippen LogP contribution in [0.1, 0.15) is 36.0 Å². The summed E-state index contributed by atoms with van der Waals surface area (Å²) < 4.78 is 0. The molecule has 4 atom stereocenters. The molecule has 1 heterocycles. The predicted octanol–water partition coefficient (Wildman–Crippen LogP) is 2.44. The minimum absolute atomic E-state index is 0.166. The summed E-state index contributed by atoms with van der Waals surface area (Å²) in [4.78, 5) is 51.4. The second-order valence-electron chi connectivity index (χ2n) is 8.47. The molecule has 2 saturated carbocycles. The van der Waals surface area contributed by atoms with E-state index in [9.17, 15) is 19.2 Å². The maximum Gasteiger partial charge on any atom is 0.331 e. The Morgan fingerprint density at radius 2 is 1.87 bits per heavy atom. The Balaban J connectivity index is 1.31. The maximum absolute atomic E-state index is 13.0. The van der Waals surface area contributed by atoms with Crippen molar-refractivity contribution < 1.29 is 19.2 Å². The van der Waals surface area contributed by atoms with Gasteiger partial charge in [-0.1, -0.05) is 42.8 Å². The molecule has 5 amide bonds. The van der Waals surface area contributed by atoms with Crippen molar-refractivity contribution >= 4 is 40.7 Å². The van der Waals surface area contributed by atoms with E-state index < -0.39 is 29.7 Å². The van der Waals surface area contributed by atoms with Gasteiger partial charge in [0.25, 0.3) is 5.91 Å². The third-order valence-corrected chi connectivity index (χ3v) is 6.69. The fraction of sp³-hybridized carbons (Fsp3) is 0.348. The van der Waals surface area contributed by atoms with E-state index in [2.05, 4.69) is 15.8 Å². The second kappa shape index (κ2) is 7.61. The van der Waals surface area contributed by atoms with Crippen LogP contribution in [0.2, 0.25) is 0 Å². The van der Waals surface area contributed by atoms with Crippen molar-refractivity contribution in [2.45, 2.75) is 31.7 Å². The minimum atomic E-state index is -1.25. The molecule has 5 rings (SSSR count). The summed E-state index contributed by atoms with van der Waals surface area (Å²) in [7, 11) is 0. The predicted molar refractivity (Wildman–Crippen MR) is 113 cm³/mol. The summed E-state index contributed by atoms with van der Waals surface area (Å²) in [6, 6.07) is 12.0. The zero-order valence-corrected chi connectivity index (χ0v) is 16.8. The molecule has 8 nitrogen and oxygen atoms in total. The Morgan fingerprint density at radius 1 is 1.06 bits per heavy atom. The highest BCUT2D eigenvalue weighted by atomic mass is 16.2. The van der Waals surface area contributed by atoms with Crippen LogP contribution >= 0.6 is 0 Å². The zero-order valence-electron chi connectivity index (χ0n) is 16.8. The number of rotatable bonds is 4. The SMILES string of the molecule is O=C(N/N=C\[C@H]1C(=O)NC(=O)N([C@@H]2C[C@H]3CC[C@H]2C3)C1=O)c1cccc2ccccc12. The van der Waals surface area contributed by atoms with Crippen molar-refractivity contribution in [1.29, 1.82) is 0 Å². The standard InChI is InChI=1S/C23H22N4O4/c28-20-18(22(30)27(23(31)25-20)19-11-13-8-9-15(19)10-13)12-24-26-21(29)17-7-3-5-14-4-1-2-6-16(14)17/h1-7,12-13,15,18-19H,8-11H2,(H,26,29)(H,25,28,31)/b24-12-/t13-,15-,18-,19+/m0/s1. The molecule has 2 bridgehead atoms. The Labute approximate surface area is 178 Å². The van der Waals surface area contributed by atoms with Crippen molar-refractivity contribution in [2.75, 3.05) is 0 Å². The van der Waals surface area contributed by atoms with Gasteiger partial charge in [0, 0.05) is 17.8 Å². The largest absolute Gasteiger partial charge is 0.331 e. The first-order valence-electron chi connectivity index (χ1n) is 10.5. The number of imide groups is 2. The van der Waals surface area contributed by atoms with E-state index in [-0.39, 0.29) is 6.04 Å². The number of urea groups is 1. The molecule has 0 spiro atoms. The van der Waals surface area contributed by atoms with Gasteiger partial charge in [0.15, 0.2) is 5.92 Å². The molecule has 0 unspecified atom stereocenters. The molecule has 3 fully saturated rings. The molecule has 2 N–H and O–H groups in total. The first-order valence-corrected chi connectivity index (χ1v) is 10.5. The molecular weight excluding hydrogens is 396 g/mol. The summed E-state index contributed by atoms with van der Waals surface area (Å²) in [5.74, 6) is -2.15. The molecule has 1 aliphatic heterocycles. The smallest absolute Gasteiger partial charge is 0.277 e. The fourth-order valence-corrected chi connectivity index (χ4v) is 5.23. The number of barbiturate groups is 1. The average Bonchev–Trinajstić information content (AvgIpc) is 3.39. The average molecular weight is 418 g/mol. The topological polar surface area (TPSA) is 108 Å². The third kappa shape index (κ3) is 3.37. The third-order valence-electron chi connectivity index (χ3n) is 6.69. The molecular formula is C23H22N4O4. The minimum Gasteiger partial charge on any atom is -0.277 e. The Hall–Kier alpha value is -3.55. The molecule has 1 saturated heterocycles. The monoisotopic (exact) mass is 418 g/mol. The number of hydrogen-bond donors (Lipinski definition) is 2. The van der Waals surface area contributed by atoms with Gasteiger partial charge in [-0.05, 0) is 47.9 Å². The zero-order chi connectivity index (χ0) is 21.5. The fourth-order valence-electron chi connectivity index (χ4n) is 5.23. The lowest BCUT2D eigenvalue weighted by atomic mass is 9.92. The number of hydrogen-bond acceptors (Lipinski definition) is 5. The molecule has 8 heteroatoms. The van der Waals surface area contributed by atoms with Crippen molar-refractivity contribution in [3.8, 4) is 0 Å². The summed E-state index contributed by atoms with van der Waals surface area (Å²) in [5, 5.41) is 7.83. The molecule has 0 radical (unpaired) electrons. The van der Waals surface area contributed by atoms with Crippen molar-refractivity contribution in [2.24, 2.45) is 22.9 Å². The van der Waals surface area contributed by atoms with E-state index in [0.717, 1.165) is 42.7 Å². The molecule has 2 aliphatic carbocycles. The number of fused-ring (bicyclic) bond motifs is 3. The van der Waals surface area contributed by atoms with Crippen LogP contribution in [0.4, 0.5) is 4.79 Å².